The van der Waals surface area contributed by atoms with E-state index in [1.807, 2.05) is 0 Å². The minimum Gasteiger partial charge on any atom is -0.433 e. The summed E-state index contributed by atoms with van der Waals surface area (Å²) in [7, 11) is 0. The lowest BCUT2D eigenvalue weighted by atomic mass is 10.1. The molecule has 0 aliphatic carbocycles. The van der Waals surface area contributed by atoms with Gasteiger partial charge in [-0.05, 0) is 24.1 Å². The number of aryl methyl sites for hydroxylation is 1. The second kappa shape index (κ2) is 5.66. The van der Waals surface area contributed by atoms with Gasteiger partial charge in [-0.3, -0.25) is 0 Å². The number of hydrogen-bond donors (Lipinski definition) is 0. The Hall–Kier alpha value is -1.16. The largest absolute Gasteiger partial charge is 0.433 e. The molecule has 1 aromatic carbocycles. The highest BCUT2D eigenvalue weighted by Crippen LogP contribution is 2.27. The van der Waals surface area contributed by atoms with Gasteiger partial charge >= 0.3 is 6.61 Å². The number of rotatable bonds is 5. The van der Waals surface area contributed by atoms with E-state index in [2.05, 4.69) is 4.74 Å². The van der Waals surface area contributed by atoms with Crippen molar-refractivity contribution in [3.8, 4) is 5.75 Å². The van der Waals surface area contributed by atoms with Gasteiger partial charge in [0.2, 0.25) is 0 Å². The van der Waals surface area contributed by atoms with E-state index in [1.54, 1.807) is 6.07 Å². The van der Waals surface area contributed by atoms with Gasteiger partial charge in [0, 0.05) is 6.42 Å². The third kappa shape index (κ3) is 3.83. The maximum atomic E-state index is 11.9. The molecule has 1 aromatic rings. The summed E-state index contributed by atoms with van der Waals surface area (Å²) in [6.45, 7) is -2.89. The van der Waals surface area contributed by atoms with E-state index in [1.165, 1.54) is 12.1 Å². The minimum atomic E-state index is -2.89. The van der Waals surface area contributed by atoms with E-state index in [0.717, 1.165) is 11.8 Å². The lowest BCUT2D eigenvalue weighted by molar-refractivity contribution is -0.107. The van der Waals surface area contributed by atoms with Crippen molar-refractivity contribution in [2.24, 2.45) is 0 Å². The Bertz CT molecular complexity index is 342. The average molecular weight is 235 g/mol. The molecule has 0 bridgehead atoms. The molecule has 1 rings (SSSR count). The molecule has 0 saturated carbocycles. The van der Waals surface area contributed by atoms with E-state index < -0.39 is 6.61 Å². The van der Waals surface area contributed by atoms with Crippen LogP contribution in [0, 0.1) is 0 Å². The van der Waals surface area contributed by atoms with Crippen LogP contribution in [0.4, 0.5) is 8.78 Å². The Balaban J connectivity index is 2.73. The molecule has 0 spiro atoms. The highest BCUT2D eigenvalue weighted by molar-refractivity contribution is 6.32. The fraction of sp³-hybridized carbons (Fsp3) is 0.300. The Kier molecular flexibility index (Phi) is 4.49. The van der Waals surface area contributed by atoms with Crippen molar-refractivity contribution in [1.29, 1.82) is 0 Å². The molecule has 5 heteroatoms. The van der Waals surface area contributed by atoms with Crippen molar-refractivity contribution in [1.82, 2.24) is 0 Å². The molecule has 15 heavy (non-hydrogen) atoms. The zero-order valence-electron chi connectivity index (χ0n) is 7.75. The zero-order chi connectivity index (χ0) is 11.3. The number of hydrogen-bond acceptors (Lipinski definition) is 2. The summed E-state index contributed by atoms with van der Waals surface area (Å²) in [4.78, 5) is 10.1. The fourth-order valence-corrected chi connectivity index (χ4v) is 1.36. The van der Waals surface area contributed by atoms with Crippen LogP contribution >= 0.6 is 11.6 Å². The number of benzene rings is 1. The van der Waals surface area contributed by atoms with E-state index in [-0.39, 0.29) is 10.8 Å². The van der Waals surface area contributed by atoms with Gasteiger partial charge in [-0.25, -0.2) is 0 Å². The molecule has 0 saturated heterocycles. The van der Waals surface area contributed by atoms with E-state index in [0.29, 0.717) is 12.8 Å². The molecular formula is C10H9ClF2O2. The van der Waals surface area contributed by atoms with Crippen LogP contribution in [0.5, 0.6) is 5.75 Å². The number of ether oxygens (including phenoxy) is 1. The van der Waals surface area contributed by atoms with Crippen molar-refractivity contribution in [2.75, 3.05) is 0 Å². The third-order valence-corrected chi connectivity index (χ3v) is 2.06. The number of carbonyl (C=O) groups excluding carboxylic acids is 1. The number of halogens is 3. The van der Waals surface area contributed by atoms with Crippen molar-refractivity contribution >= 4 is 17.9 Å². The van der Waals surface area contributed by atoms with Crippen LogP contribution in [0.3, 0.4) is 0 Å². The number of alkyl halides is 2. The van der Waals surface area contributed by atoms with E-state index in [9.17, 15) is 13.6 Å². The van der Waals surface area contributed by atoms with Gasteiger partial charge in [-0.15, -0.1) is 0 Å². The molecule has 0 aliphatic heterocycles. The van der Waals surface area contributed by atoms with E-state index >= 15 is 0 Å². The Labute approximate surface area is 90.8 Å². The Morgan fingerprint density at radius 3 is 2.73 bits per heavy atom. The molecule has 0 unspecified atom stereocenters. The van der Waals surface area contributed by atoms with Crippen LogP contribution < -0.4 is 4.74 Å². The highest BCUT2D eigenvalue weighted by atomic mass is 35.5. The quantitative estimate of drug-likeness (QED) is 0.732. The smallest absolute Gasteiger partial charge is 0.387 e. The van der Waals surface area contributed by atoms with Crippen molar-refractivity contribution < 1.29 is 18.3 Å². The summed E-state index contributed by atoms with van der Waals surface area (Å²) in [6.07, 6.45) is 1.71. The van der Waals surface area contributed by atoms with Crippen molar-refractivity contribution in [3.05, 3.63) is 28.8 Å². The lowest BCUT2D eigenvalue weighted by Gasteiger charge is -2.07. The number of aldehydes is 1. The van der Waals surface area contributed by atoms with Gasteiger partial charge in [-0.2, -0.15) is 8.78 Å². The second-order valence-electron chi connectivity index (χ2n) is 2.85. The van der Waals surface area contributed by atoms with Crippen LogP contribution in [-0.2, 0) is 11.2 Å². The summed E-state index contributed by atoms with van der Waals surface area (Å²) in [6, 6.07) is 4.49. The summed E-state index contributed by atoms with van der Waals surface area (Å²) in [5.41, 5.74) is 0.814. The van der Waals surface area contributed by atoms with Crippen LogP contribution in [-0.4, -0.2) is 12.9 Å². The first-order valence-electron chi connectivity index (χ1n) is 4.30. The SMILES string of the molecule is O=CCCc1ccc(OC(F)F)c(Cl)c1. The Morgan fingerprint density at radius 1 is 1.47 bits per heavy atom. The number of carbonyl (C=O) groups is 1. The standard InChI is InChI=1S/C10H9ClF2O2/c11-8-6-7(2-1-5-14)3-4-9(8)15-10(12)13/h3-6,10H,1-2H2. The second-order valence-corrected chi connectivity index (χ2v) is 3.26. The molecule has 0 aliphatic rings. The predicted molar refractivity (Wildman–Crippen MR) is 52.5 cm³/mol. The fourth-order valence-electron chi connectivity index (χ4n) is 1.12. The highest BCUT2D eigenvalue weighted by Gasteiger charge is 2.08. The van der Waals surface area contributed by atoms with Crippen molar-refractivity contribution in [2.45, 2.75) is 19.5 Å². The van der Waals surface area contributed by atoms with Crippen LogP contribution in [0.2, 0.25) is 5.02 Å². The molecule has 0 heterocycles. The van der Waals surface area contributed by atoms with Gasteiger partial charge in [-0.1, -0.05) is 17.7 Å². The van der Waals surface area contributed by atoms with E-state index in [4.69, 9.17) is 11.6 Å². The molecule has 0 aromatic heterocycles. The average Bonchev–Trinajstić information content (AvgIpc) is 2.18. The molecule has 82 valence electrons. The van der Waals surface area contributed by atoms with Crippen LogP contribution in [0.25, 0.3) is 0 Å². The van der Waals surface area contributed by atoms with Crippen molar-refractivity contribution in [3.63, 3.8) is 0 Å². The molecule has 2 nitrogen and oxygen atoms in total. The summed E-state index contributed by atoms with van der Waals surface area (Å²) in [5.74, 6) is -0.0541. The summed E-state index contributed by atoms with van der Waals surface area (Å²) in [5, 5.41) is 0.124. The molecule has 0 radical (unpaired) electrons. The maximum Gasteiger partial charge on any atom is 0.387 e. The van der Waals surface area contributed by atoms with Gasteiger partial charge in [0.1, 0.15) is 12.0 Å². The first-order chi connectivity index (χ1) is 7.13. The molecule has 0 atom stereocenters. The summed E-state index contributed by atoms with van der Waals surface area (Å²) < 4.78 is 27.9. The van der Waals surface area contributed by atoms with Gasteiger partial charge in [0.05, 0.1) is 5.02 Å². The monoisotopic (exact) mass is 234 g/mol. The third-order valence-electron chi connectivity index (χ3n) is 1.76. The van der Waals surface area contributed by atoms with Crippen LogP contribution in [0.1, 0.15) is 12.0 Å². The van der Waals surface area contributed by atoms with Crippen LogP contribution in [0.15, 0.2) is 18.2 Å². The summed E-state index contributed by atoms with van der Waals surface area (Å²) >= 11 is 5.71. The molecule has 0 fully saturated rings. The molecule has 0 amide bonds. The Morgan fingerprint density at radius 2 is 2.20 bits per heavy atom. The predicted octanol–water partition coefficient (Wildman–Crippen LogP) is 3.07. The minimum absolute atomic E-state index is 0.0541. The first-order valence-corrected chi connectivity index (χ1v) is 4.68. The van der Waals surface area contributed by atoms with Gasteiger partial charge < -0.3 is 9.53 Å². The first kappa shape index (κ1) is 11.9. The molecule has 0 N–H and O–H groups in total. The molecular weight excluding hydrogens is 226 g/mol. The zero-order valence-corrected chi connectivity index (χ0v) is 8.51. The maximum absolute atomic E-state index is 11.9. The normalized spacial score (nSPS) is 10.4. The van der Waals surface area contributed by atoms with Gasteiger partial charge in [0.25, 0.3) is 0 Å². The topological polar surface area (TPSA) is 26.3 Å². The van der Waals surface area contributed by atoms with Gasteiger partial charge in [0.15, 0.2) is 0 Å². The lowest BCUT2D eigenvalue weighted by Crippen LogP contribution is -2.02.